The third kappa shape index (κ3) is 3.44. The van der Waals surface area contributed by atoms with Crippen LogP contribution < -0.4 is 4.74 Å². The summed E-state index contributed by atoms with van der Waals surface area (Å²) < 4.78 is 10.3. The first kappa shape index (κ1) is 17.2. The molecule has 23 heavy (non-hydrogen) atoms. The number of methoxy groups -OCH3 is 1. The Kier molecular flexibility index (Phi) is 5.53. The Bertz CT molecular complexity index is 595. The molecule has 0 saturated heterocycles. The minimum absolute atomic E-state index is 0.0445. The predicted octanol–water partition coefficient (Wildman–Crippen LogP) is 2.45. The second kappa shape index (κ2) is 7.40. The van der Waals surface area contributed by atoms with Crippen molar-refractivity contribution in [3.8, 4) is 5.75 Å². The number of carbonyl (C=O) groups excluding carboxylic acids is 3. The second-order valence-corrected chi connectivity index (χ2v) is 5.79. The third-order valence-electron chi connectivity index (χ3n) is 4.47. The summed E-state index contributed by atoms with van der Waals surface area (Å²) in [7, 11) is 1.55. The number of benzene rings is 1. The van der Waals surface area contributed by atoms with E-state index in [9.17, 15) is 14.4 Å². The van der Waals surface area contributed by atoms with Gasteiger partial charge in [0.25, 0.3) is 0 Å². The first-order chi connectivity index (χ1) is 11.1. The highest BCUT2D eigenvalue weighted by atomic mass is 16.5. The number of aldehydes is 1. The van der Waals surface area contributed by atoms with Gasteiger partial charge in [0, 0.05) is 0 Å². The van der Waals surface area contributed by atoms with Crippen LogP contribution in [0.3, 0.4) is 0 Å². The van der Waals surface area contributed by atoms with Gasteiger partial charge in [-0.05, 0) is 37.5 Å². The average Bonchev–Trinajstić information content (AvgIpc) is 2.57. The lowest BCUT2D eigenvalue weighted by Gasteiger charge is -2.38. The third-order valence-corrected chi connectivity index (χ3v) is 4.47. The van der Waals surface area contributed by atoms with E-state index in [0.29, 0.717) is 36.9 Å². The number of hydrogen-bond donors (Lipinski definition) is 0. The van der Waals surface area contributed by atoms with E-state index in [0.717, 1.165) is 0 Å². The Balaban J connectivity index is 2.47. The summed E-state index contributed by atoms with van der Waals surface area (Å²) in [5.41, 5.74) is -0.300. The highest BCUT2D eigenvalue weighted by Gasteiger charge is 2.47. The monoisotopic (exact) mass is 318 g/mol. The fourth-order valence-electron chi connectivity index (χ4n) is 3.31. The maximum Gasteiger partial charge on any atom is 0.307 e. The lowest BCUT2D eigenvalue weighted by atomic mass is 9.63. The first-order valence-electron chi connectivity index (χ1n) is 7.87. The Morgan fingerprint density at radius 3 is 2.87 bits per heavy atom. The molecule has 1 aromatic carbocycles. The quantitative estimate of drug-likeness (QED) is 0.458. The summed E-state index contributed by atoms with van der Waals surface area (Å²) in [6.07, 6.45) is 2.43. The molecule has 2 rings (SSSR count). The summed E-state index contributed by atoms with van der Waals surface area (Å²) >= 11 is 0. The van der Waals surface area contributed by atoms with Gasteiger partial charge < -0.3 is 14.3 Å². The van der Waals surface area contributed by atoms with E-state index >= 15 is 0 Å². The Morgan fingerprint density at radius 2 is 2.22 bits per heavy atom. The molecule has 2 unspecified atom stereocenters. The summed E-state index contributed by atoms with van der Waals surface area (Å²) in [6, 6.07) is 7.15. The van der Waals surface area contributed by atoms with E-state index in [-0.39, 0.29) is 18.8 Å². The van der Waals surface area contributed by atoms with Crippen LogP contribution in [0.4, 0.5) is 0 Å². The van der Waals surface area contributed by atoms with E-state index in [1.807, 2.05) is 6.07 Å². The van der Waals surface area contributed by atoms with Crippen LogP contribution in [0.5, 0.6) is 5.75 Å². The fourth-order valence-corrected chi connectivity index (χ4v) is 3.31. The lowest BCUT2D eigenvalue weighted by Crippen LogP contribution is -2.45. The molecule has 0 amide bonds. The van der Waals surface area contributed by atoms with Crippen molar-refractivity contribution in [2.45, 2.75) is 38.0 Å². The van der Waals surface area contributed by atoms with Gasteiger partial charge in [0.15, 0.2) is 5.78 Å². The highest BCUT2D eigenvalue weighted by molar-refractivity contribution is 6.03. The zero-order valence-electron chi connectivity index (χ0n) is 13.5. The molecule has 1 fully saturated rings. The summed E-state index contributed by atoms with van der Waals surface area (Å²) in [5, 5.41) is 0. The van der Waals surface area contributed by atoms with Gasteiger partial charge in [0.2, 0.25) is 0 Å². The van der Waals surface area contributed by atoms with Crippen LogP contribution in [0.25, 0.3) is 0 Å². The van der Waals surface area contributed by atoms with Crippen LogP contribution in [0.2, 0.25) is 0 Å². The maximum absolute atomic E-state index is 12.9. The molecule has 1 saturated carbocycles. The van der Waals surface area contributed by atoms with E-state index < -0.39 is 17.3 Å². The largest absolute Gasteiger partial charge is 0.497 e. The molecule has 124 valence electrons. The molecule has 0 spiro atoms. The molecular weight excluding hydrogens is 296 g/mol. The fraction of sp³-hybridized carbons (Fsp3) is 0.500. The number of rotatable bonds is 6. The molecule has 0 radical (unpaired) electrons. The number of esters is 1. The Labute approximate surface area is 136 Å². The minimum Gasteiger partial charge on any atom is -0.497 e. The van der Waals surface area contributed by atoms with E-state index in [2.05, 4.69) is 0 Å². The zero-order valence-corrected chi connectivity index (χ0v) is 13.5. The second-order valence-electron chi connectivity index (χ2n) is 5.79. The molecule has 0 heterocycles. The van der Waals surface area contributed by atoms with Crippen LogP contribution in [-0.2, 0) is 24.5 Å². The highest BCUT2D eigenvalue weighted by Crippen LogP contribution is 2.42. The van der Waals surface area contributed by atoms with Crippen LogP contribution in [-0.4, -0.2) is 31.8 Å². The van der Waals surface area contributed by atoms with E-state index in [1.54, 1.807) is 32.2 Å². The molecular formula is C18H22O5. The van der Waals surface area contributed by atoms with Gasteiger partial charge in [-0.25, -0.2) is 0 Å². The minimum atomic E-state index is -1.01. The first-order valence-corrected chi connectivity index (χ1v) is 7.87. The number of ether oxygens (including phenoxy) is 2. The average molecular weight is 318 g/mol. The topological polar surface area (TPSA) is 69.7 Å². The van der Waals surface area contributed by atoms with Gasteiger partial charge in [-0.15, -0.1) is 0 Å². The normalized spacial score (nSPS) is 24.1. The molecule has 1 aliphatic carbocycles. The molecule has 5 heteroatoms. The standard InChI is InChI=1S/C18H22O5/c1-3-23-16(20)11-18(9-5-6-13(12-19)17(18)21)14-7-4-8-15(10-14)22-2/h4,7-8,10,12-13H,3,5-6,9,11H2,1-2H3. The Morgan fingerprint density at radius 1 is 1.43 bits per heavy atom. The number of ketones is 1. The van der Waals surface area contributed by atoms with Crippen molar-refractivity contribution in [3.05, 3.63) is 29.8 Å². The van der Waals surface area contributed by atoms with Crippen LogP contribution in [0, 0.1) is 5.92 Å². The van der Waals surface area contributed by atoms with Crippen molar-refractivity contribution in [3.63, 3.8) is 0 Å². The molecule has 1 aliphatic rings. The van der Waals surface area contributed by atoms with Crippen molar-refractivity contribution in [2.24, 2.45) is 5.92 Å². The number of hydrogen-bond acceptors (Lipinski definition) is 5. The van der Waals surface area contributed by atoms with Gasteiger partial charge in [-0.2, -0.15) is 0 Å². The van der Waals surface area contributed by atoms with Gasteiger partial charge in [0.05, 0.1) is 31.5 Å². The predicted molar refractivity (Wildman–Crippen MR) is 84.3 cm³/mol. The van der Waals surface area contributed by atoms with Gasteiger partial charge >= 0.3 is 5.97 Å². The van der Waals surface area contributed by atoms with Gasteiger partial charge in [0.1, 0.15) is 12.0 Å². The van der Waals surface area contributed by atoms with Crippen molar-refractivity contribution in [1.29, 1.82) is 0 Å². The summed E-state index contributed by atoms with van der Waals surface area (Å²) in [4.78, 5) is 36.3. The van der Waals surface area contributed by atoms with Gasteiger partial charge in [-0.3, -0.25) is 9.59 Å². The Hall–Kier alpha value is -2.17. The molecule has 0 aliphatic heterocycles. The van der Waals surface area contributed by atoms with Crippen molar-refractivity contribution in [2.75, 3.05) is 13.7 Å². The van der Waals surface area contributed by atoms with Crippen LogP contribution in [0.15, 0.2) is 24.3 Å². The van der Waals surface area contributed by atoms with E-state index in [1.165, 1.54) is 0 Å². The van der Waals surface area contributed by atoms with E-state index in [4.69, 9.17) is 9.47 Å². The molecule has 2 atom stereocenters. The lowest BCUT2D eigenvalue weighted by molar-refractivity contribution is -0.149. The van der Waals surface area contributed by atoms with Gasteiger partial charge in [-0.1, -0.05) is 18.6 Å². The van der Waals surface area contributed by atoms with Crippen molar-refractivity contribution >= 4 is 18.0 Å². The summed E-state index contributed by atoms with van der Waals surface area (Å²) in [5.74, 6) is -0.661. The zero-order chi connectivity index (χ0) is 16.9. The molecule has 5 nitrogen and oxygen atoms in total. The maximum atomic E-state index is 12.9. The van der Waals surface area contributed by atoms with Crippen molar-refractivity contribution < 1.29 is 23.9 Å². The number of carbonyl (C=O) groups is 3. The van der Waals surface area contributed by atoms with Crippen LogP contribution >= 0.6 is 0 Å². The molecule has 0 bridgehead atoms. The smallest absolute Gasteiger partial charge is 0.307 e. The molecule has 1 aromatic rings. The molecule has 0 N–H and O–H groups in total. The SMILES string of the molecule is CCOC(=O)CC1(c2cccc(OC)c2)CCCC(C=O)C1=O. The van der Waals surface area contributed by atoms with Crippen LogP contribution in [0.1, 0.15) is 38.2 Å². The molecule has 0 aromatic heterocycles. The van der Waals surface area contributed by atoms with Crippen molar-refractivity contribution in [1.82, 2.24) is 0 Å². The summed E-state index contributed by atoms with van der Waals surface area (Å²) in [6.45, 7) is 1.99. The number of Topliss-reactive ketones (excluding diaryl/α,β-unsaturated/α-hetero) is 1.